The van der Waals surface area contributed by atoms with Gasteiger partial charge in [0.25, 0.3) is 5.91 Å². The summed E-state index contributed by atoms with van der Waals surface area (Å²) in [6, 6.07) is 8.95. The van der Waals surface area contributed by atoms with Crippen molar-refractivity contribution in [2.45, 2.75) is 19.0 Å². The largest absolute Gasteiger partial charge is 0.331 e. The first-order valence-electron chi connectivity index (χ1n) is 5.52. The molecule has 1 saturated heterocycles. The second kappa shape index (κ2) is 4.82. The number of carbonyl (C=O) groups excluding carboxylic acids is 2. The average molecular weight is 230 g/mol. The molecule has 0 aliphatic carbocycles. The molecule has 88 valence electrons. The second-order valence-electron chi connectivity index (χ2n) is 3.88. The lowest BCUT2D eigenvalue weighted by Crippen LogP contribution is -2.43. The molecule has 0 spiro atoms. The van der Waals surface area contributed by atoms with E-state index in [2.05, 4.69) is 11.9 Å². The molecule has 4 nitrogen and oxygen atoms in total. The molecule has 1 fully saturated rings. The molecule has 0 bridgehead atoms. The molecule has 1 aromatic rings. The number of hydrogen-bond donors (Lipinski definition) is 1. The van der Waals surface area contributed by atoms with Crippen molar-refractivity contribution in [2.75, 3.05) is 0 Å². The highest BCUT2D eigenvalue weighted by Crippen LogP contribution is 2.16. The van der Waals surface area contributed by atoms with E-state index in [0.29, 0.717) is 18.4 Å². The molecular weight excluding hydrogens is 216 g/mol. The van der Waals surface area contributed by atoms with E-state index in [1.165, 1.54) is 11.1 Å². The molecule has 0 radical (unpaired) electrons. The minimum absolute atomic E-state index is 0.00152. The van der Waals surface area contributed by atoms with Crippen molar-refractivity contribution in [1.82, 2.24) is 10.2 Å². The van der Waals surface area contributed by atoms with Gasteiger partial charge in [0, 0.05) is 18.2 Å². The van der Waals surface area contributed by atoms with E-state index in [0.717, 1.165) is 0 Å². The third-order valence-corrected chi connectivity index (χ3v) is 2.79. The molecule has 2 rings (SSSR count). The summed E-state index contributed by atoms with van der Waals surface area (Å²) in [4.78, 5) is 24.8. The molecule has 0 aromatic heterocycles. The Hall–Kier alpha value is -2.10. The predicted octanol–water partition coefficient (Wildman–Crippen LogP) is 1.51. The molecule has 0 saturated carbocycles. The Morgan fingerprint density at radius 2 is 2.12 bits per heavy atom. The van der Waals surface area contributed by atoms with E-state index < -0.39 is 0 Å². The minimum atomic E-state index is -0.271. The van der Waals surface area contributed by atoms with E-state index in [-0.39, 0.29) is 18.0 Å². The highest BCUT2D eigenvalue weighted by Gasteiger charge is 2.30. The van der Waals surface area contributed by atoms with Gasteiger partial charge in [-0.1, -0.05) is 24.8 Å². The Morgan fingerprint density at radius 3 is 2.76 bits per heavy atom. The van der Waals surface area contributed by atoms with E-state index in [1.54, 1.807) is 24.3 Å². The van der Waals surface area contributed by atoms with E-state index in [9.17, 15) is 9.59 Å². The lowest BCUT2D eigenvalue weighted by atomic mass is 10.2. The zero-order valence-corrected chi connectivity index (χ0v) is 9.43. The Balaban J connectivity index is 2.05. The lowest BCUT2D eigenvalue weighted by molar-refractivity contribution is -0.126. The second-order valence-corrected chi connectivity index (χ2v) is 3.88. The number of hydrogen-bond acceptors (Lipinski definition) is 2. The fraction of sp³-hybridized carbons (Fsp3) is 0.231. The third kappa shape index (κ3) is 2.36. The van der Waals surface area contributed by atoms with Crippen LogP contribution in [0.15, 0.2) is 43.1 Å². The van der Waals surface area contributed by atoms with Crippen molar-refractivity contribution >= 4 is 11.8 Å². The zero-order chi connectivity index (χ0) is 12.3. The van der Waals surface area contributed by atoms with E-state index in [1.807, 2.05) is 6.07 Å². The molecule has 1 unspecified atom stereocenters. The fourth-order valence-corrected chi connectivity index (χ4v) is 1.90. The Bertz CT molecular complexity index is 442. The Morgan fingerprint density at radius 1 is 1.41 bits per heavy atom. The standard InChI is InChI=1S/C13H14N2O2/c1-2-15-11(8-9-12(15)16)14-13(17)10-6-4-3-5-7-10/h2-7,11H,1,8-9H2,(H,14,17). The topological polar surface area (TPSA) is 49.4 Å². The number of amides is 2. The first-order chi connectivity index (χ1) is 8.22. The van der Waals surface area contributed by atoms with Crippen LogP contribution in [0, 0.1) is 0 Å². The molecule has 2 amide bonds. The van der Waals surface area contributed by atoms with Gasteiger partial charge in [0.05, 0.1) is 0 Å². The SMILES string of the molecule is C=CN1C(=O)CCC1NC(=O)c1ccccc1. The molecular formula is C13H14N2O2. The van der Waals surface area contributed by atoms with Crippen molar-refractivity contribution in [3.05, 3.63) is 48.7 Å². The molecule has 1 aromatic carbocycles. The van der Waals surface area contributed by atoms with E-state index in [4.69, 9.17) is 0 Å². The number of likely N-dealkylation sites (tertiary alicyclic amines) is 1. The van der Waals surface area contributed by atoms with Crippen molar-refractivity contribution in [3.8, 4) is 0 Å². The van der Waals surface area contributed by atoms with Crippen LogP contribution >= 0.6 is 0 Å². The fourth-order valence-electron chi connectivity index (χ4n) is 1.90. The van der Waals surface area contributed by atoms with Gasteiger partial charge in [0.15, 0.2) is 0 Å². The molecule has 1 atom stereocenters. The van der Waals surface area contributed by atoms with Gasteiger partial charge in [-0.05, 0) is 18.6 Å². The molecule has 17 heavy (non-hydrogen) atoms. The smallest absolute Gasteiger partial charge is 0.252 e. The van der Waals surface area contributed by atoms with Gasteiger partial charge in [-0.15, -0.1) is 0 Å². The first-order valence-corrected chi connectivity index (χ1v) is 5.52. The quantitative estimate of drug-likeness (QED) is 0.855. The van der Waals surface area contributed by atoms with Crippen LogP contribution in [0.4, 0.5) is 0 Å². The van der Waals surface area contributed by atoms with Crippen LogP contribution < -0.4 is 5.32 Å². The average Bonchev–Trinajstić information content (AvgIpc) is 2.71. The van der Waals surface area contributed by atoms with Crippen LogP contribution in [0.5, 0.6) is 0 Å². The predicted molar refractivity (Wildman–Crippen MR) is 64.0 cm³/mol. The summed E-state index contributed by atoms with van der Waals surface area (Å²) in [5.41, 5.74) is 0.593. The normalized spacial score (nSPS) is 19.2. The first kappa shape index (κ1) is 11.4. The van der Waals surface area contributed by atoms with Gasteiger partial charge in [0.1, 0.15) is 6.17 Å². The summed E-state index contributed by atoms with van der Waals surface area (Å²) in [6.07, 6.45) is 2.27. The summed E-state index contributed by atoms with van der Waals surface area (Å²) >= 11 is 0. The van der Waals surface area contributed by atoms with Crippen molar-refractivity contribution in [2.24, 2.45) is 0 Å². The summed E-state index contributed by atoms with van der Waals surface area (Å²) < 4.78 is 0. The maximum Gasteiger partial charge on any atom is 0.252 e. The Labute approximate surface area is 99.9 Å². The molecule has 1 heterocycles. The van der Waals surface area contributed by atoms with Crippen molar-refractivity contribution in [1.29, 1.82) is 0 Å². The summed E-state index contributed by atoms with van der Waals surface area (Å²) in [5.74, 6) is -0.171. The van der Waals surface area contributed by atoms with Gasteiger partial charge in [-0.25, -0.2) is 0 Å². The maximum atomic E-state index is 11.9. The van der Waals surface area contributed by atoms with Crippen molar-refractivity contribution in [3.63, 3.8) is 0 Å². The maximum absolute atomic E-state index is 11.9. The lowest BCUT2D eigenvalue weighted by Gasteiger charge is -2.21. The highest BCUT2D eigenvalue weighted by molar-refractivity contribution is 5.94. The van der Waals surface area contributed by atoms with Crippen molar-refractivity contribution < 1.29 is 9.59 Å². The zero-order valence-electron chi connectivity index (χ0n) is 9.43. The van der Waals surface area contributed by atoms with Crippen LogP contribution in [-0.4, -0.2) is 22.9 Å². The van der Waals surface area contributed by atoms with Gasteiger partial charge in [-0.3, -0.25) is 14.5 Å². The summed E-state index contributed by atoms with van der Waals surface area (Å²) in [6.45, 7) is 3.58. The summed E-state index contributed by atoms with van der Waals surface area (Å²) in [5, 5.41) is 2.82. The molecule has 1 N–H and O–H groups in total. The van der Waals surface area contributed by atoms with Gasteiger partial charge in [0.2, 0.25) is 5.91 Å². The van der Waals surface area contributed by atoms with Crippen LogP contribution in [0.3, 0.4) is 0 Å². The number of carbonyl (C=O) groups is 2. The van der Waals surface area contributed by atoms with Crippen LogP contribution in [0.25, 0.3) is 0 Å². The molecule has 1 aliphatic heterocycles. The monoisotopic (exact) mass is 230 g/mol. The molecule has 1 aliphatic rings. The third-order valence-electron chi connectivity index (χ3n) is 2.79. The van der Waals surface area contributed by atoms with Crippen LogP contribution in [-0.2, 0) is 4.79 Å². The van der Waals surface area contributed by atoms with Crippen LogP contribution in [0.1, 0.15) is 23.2 Å². The van der Waals surface area contributed by atoms with Gasteiger partial charge < -0.3 is 5.32 Å². The number of rotatable bonds is 3. The van der Waals surface area contributed by atoms with Gasteiger partial charge >= 0.3 is 0 Å². The molecule has 4 heteroatoms. The number of nitrogens with zero attached hydrogens (tertiary/aromatic N) is 1. The van der Waals surface area contributed by atoms with Crippen LogP contribution in [0.2, 0.25) is 0 Å². The number of nitrogens with one attached hydrogen (secondary N) is 1. The minimum Gasteiger partial charge on any atom is -0.331 e. The highest BCUT2D eigenvalue weighted by atomic mass is 16.2. The van der Waals surface area contributed by atoms with E-state index >= 15 is 0 Å². The Kier molecular flexibility index (Phi) is 3.23. The summed E-state index contributed by atoms with van der Waals surface area (Å²) in [7, 11) is 0. The number of benzene rings is 1. The van der Waals surface area contributed by atoms with Gasteiger partial charge in [-0.2, -0.15) is 0 Å².